The van der Waals surface area contributed by atoms with Crippen molar-refractivity contribution in [3.05, 3.63) is 23.2 Å². The van der Waals surface area contributed by atoms with Gasteiger partial charge in [-0.05, 0) is 25.5 Å². The molecule has 4 heteroatoms. The third-order valence-electron chi connectivity index (χ3n) is 3.11. The molecule has 0 spiro atoms. The van der Waals surface area contributed by atoms with Gasteiger partial charge < -0.3 is 15.8 Å². The number of halogens is 1. The van der Waals surface area contributed by atoms with Crippen molar-refractivity contribution >= 4 is 23.0 Å². The summed E-state index contributed by atoms with van der Waals surface area (Å²) >= 11 is 5.97. The van der Waals surface area contributed by atoms with Gasteiger partial charge in [0.05, 0.1) is 23.0 Å². The fourth-order valence-electron chi connectivity index (χ4n) is 1.97. The lowest BCUT2D eigenvalue weighted by atomic mass is 10.0. The molecule has 1 aliphatic heterocycles. The summed E-state index contributed by atoms with van der Waals surface area (Å²) in [5, 5.41) is 4.00. The predicted octanol–water partition coefficient (Wildman–Crippen LogP) is 2.76. The third kappa shape index (κ3) is 2.42. The summed E-state index contributed by atoms with van der Waals surface area (Å²) < 4.78 is 5.37. The molecule has 88 valence electrons. The Bertz CT molecular complexity index is 364. The van der Waals surface area contributed by atoms with E-state index in [1.165, 1.54) is 0 Å². The Morgan fingerprint density at radius 1 is 1.56 bits per heavy atom. The molecule has 1 aromatic carbocycles. The van der Waals surface area contributed by atoms with Crippen LogP contribution in [0.4, 0.5) is 11.4 Å². The van der Waals surface area contributed by atoms with E-state index in [1.54, 1.807) is 6.07 Å². The molecular weight excluding hydrogens is 224 g/mol. The van der Waals surface area contributed by atoms with E-state index in [9.17, 15) is 0 Å². The molecule has 0 aromatic heterocycles. The number of nitrogens with one attached hydrogen (secondary N) is 1. The van der Waals surface area contributed by atoms with Crippen molar-refractivity contribution in [2.75, 3.05) is 24.3 Å². The van der Waals surface area contributed by atoms with Crippen LogP contribution in [0.2, 0.25) is 5.02 Å². The van der Waals surface area contributed by atoms with Crippen LogP contribution in [0.1, 0.15) is 13.3 Å². The van der Waals surface area contributed by atoms with Crippen molar-refractivity contribution in [2.24, 2.45) is 5.92 Å². The third-order valence-corrected chi connectivity index (χ3v) is 3.44. The van der Waals surface area contributed by atoms with Gasteiger partial charge in [-0.15, -0.1) is 0 Å². The van der Waals surface area contributed by atoms with Gasteiger partial charge in [0.2, 0.25) is 0 Å². The Morgan fingerprint density at radius 2 is 2.38 bits per heavy atom. The number of rotatable bonds is 3. The second-order valence-electron chi connectivity index (χ2n) is 4.26. The van der Waals surface area contributed by atoms with Crippen molar-refractivity contribution in [3.63, 3.8) is 0 Å². The summed E-state index contributed by atoms with van der Waals surface area (Å²) in [6.07, 6.45) is 1.11. The number of ether oxygens (including phenoxy) is 1. The van der Waals surface area contributed by atoms with Crippen LogP contribution in [-0.2, 0) is 4.74 Å². The molecule has 1 aliphatic rings. The lowest BCUT2D eigenvalue weighted by molar-refractivity contribution is 0.183. The van der Waals surface area contributed by atoms with E-state index >= 15 is 0 Å². The zero-order valence-electron chi connectivity index (χ0n) is 9.37. The first-order valence-corrected chi connectivity index (χ1v) is 5.94. The molecule has 0 aliphatic carbocycles. The minimum atomic E-state index is 0.350. The van der Waals surface area contributed by atoms with Crippen LogP contribution >= 0.6 is 11.6 Å². The van der Waals surface area contributed by atoms with E-state index in [4.69, 9.17) is 22.1 Å². The van der Waals surface area contributed by atoms with Gasteiger partial charge in [0.15, 0.2) is 0 Å². The average Bonchev–Trinajstić information content (AvgIpc) is 2.78. The molecule has 1 aromatic rings. The SMILES string of the molecule is CC(Nc1cccc(Cl)c1N)C1CCOC1. The second kappa shape index (κ2) is 4.93. The van der Waals surface area contributed by atoms with Crippen molar-refractivity contribution in [1.29, 1.82) is 0 Å². The maximum Gasteiger partial charge on any atom is 0.0739 e. The first kappa shape index (κ1) is 11.6. The normalized spacial score (nSPS) is 22.0. The van der Waals surface area contributed by atoms with Gasteiger partial charge in [0, 0.05) is 18.6 Å². The van der Waals surface area contributed by atoms with E-state index in [-0.39, 0.29) is 0 Å². The highest BCUT2D eigenvalue weighted by Crippen LogP contribution is 2.29. The number of nitrogen functional groups attached to an aromatic ring is 1. The number of benzene rings is 1. The number of nitrogens with two attached hydrogens (primary N) is 1. The first-order chi connectivity index (χ1) is 7.68. The summed E-state index contributed by atoms with van der Waals surface area (Å²) in [4.78, 5) is 0. The van der Waals surface area contributed by atoms with Crippen LogP contribution in [0.15, 0.2) is 18.2 Å². The summed E-state index contributed by atoms with van der Waals surface area (Å²) in [6, 6.07) is 6.00. The monoisotopic (exact) mass is 240 g/mol. The minimum absolute atomic E-state index is 0.350. The van der Waals surface area contributed by atoms with Crippen molar-refractivity contribution in [1.82, 2.24) is 0 Å². The second-order valence-corrected chi connectivity index (χ2v) is 4.66. The van der Waals surface area contributed by atoms with E-state index < -0.39 is 0 Å². The Labute approximate surface area is 101 Å². The number of hydrogen-bond acceptors (Lipinski definition) is 3. The van der Waals surface area contributed by atoms with Gasteiger partial charge in [-0.3, -0.25) is 0 Å². The lowest BCUT2D eigenvalue weighted by Gasteiger charge is -2.21. The number of para-hydroxylation sites is 1. The molecule has 0 saturated carbocycles. The molecule has 3 nitrogen and oxygen atoms in total. The van der Waals surface area contributed by atoms with E-state index in [0.29, 0.717) is 22.7 Å². The fourth-order valence-corrected chi connectivity index (χ4v) is 2.15. The van der Waals surface area contributed by atoms with Gasteiger partial charge in [-0.2, -0.15) is 0 Å². The topological polar surface area (TPSA) is 47.3 Å². The molecule has 0 amide bonds. The Balaban J connectivity index is 2.05. The van der Waals surface area contributed by atoms with Gasteiger partial charge in [0.25, 0.3) is 0 Å². The standard InChI is InChI=1S/C12H17ClN2O/c1-8(9-5-6-16-7-9)15-11-4-2-3-10(13)12(11)14/h2-4,8-9,15H,5-7,14H2,1H3. The highest BCUT2D eigenvalue weighted by molar-refractivity contribution is 6.33. The molecule has 0 bridgehead atoms. The molecule has 3 N–H and O–H groups in total. The van der Waals surface area contributed by atoms with E-state index in [0.717, 1.165) is 25.3 Å². The molecule has 1 fully saturated rings. The molecule has 2 unspecified atom stereocenters. The van der Waals surface area contributed by atoms with Gasteiger partial charge >= 0.3 is 0 Å². The zero-order valence-corrected chi connectivity index (χ0v) is 10.1. The smallest absolute Gasteiger partial charge is 0.0739 e. The highest BCUT2D eigenvalue weighted by atomic mass is 35.5. The van der Waals surface area contributed by atoms with Crippen LogP contribution in [0.5, 0.6) is 0 Å². The molecule has 16 heavy (non-hydrogen) atoms. The fraction of sp³-hybridized carbons (Fsp3) is 0.500. The van der Waals surface area contributed by atoms with Gasteiger partial charge in [-0.1, -0.05) is 17.7 Å². The lowest BCUT2D eigenvalue weighted by Crippen LogP contribution is -2.26. The summed E-state index contributed by atoms with van der Waals surface area (Å²) in [7, 11) is 0. The van der Waals surface area contributed by atoms with Crippen LogP contribution in [0, 0.1) is 5.92 Å². The maximum absolute atomic E-state index is 5.97. The number of hydrogen-bond donors (Lipinski definition) is 2. The Morgan fingerprint density at radius 3 is 3.06 bits per heavy atom. The summed E-state index contributed by atoms with van der Waals surface area (Å²) in [6.45, 7) is 3.84. The average molecular weight is 241 g/mol. The first-order valence-electron chi connectivity index (χ1n) is 5.56. The van der Waals surface area contributed by atoms with Crippen molar-refractivity contribution in [2.45, 2.75) is 19.4 Å². The minimum Gasteiger partial charge on any atom is -0.396 e. The van der Waals surface area contributed by atoms with Gasteiger partial charge in [0.1, 0.15) is 0 Å². The highest BCUT2D eigenvalue weighted by Gasteiger charge is 2.22. The Hall–Kier alpha value is -0.930. The number of anilines is 2. The Kier molecular flexibility index (Phi) is 3.56. The van der Waals surface area contributed by atoms with Gasteiger partial charge in [-0.25, -0.2) is 0 Å². The summed E-state index contributed by atoms with van der Waals surface area (Å²) in [5.74, 6) is 0.554. The molecular formula is C12H17ClN2O. The molecule has 2 rings (SSSR count). The van der Waals surface area contributed by atoms with Crippen molar-refractivity contribution < 1.29 is 4.74 Å². The molecule has 1 saturated heterocycles. The van der Waals surface area contributed by atoms with Crippen molar-refractivity contribution in [3.8, 4) is 0 Å². The predicted molar refractivity (Wildman–Crippen MR) is 67.9 cm³/mol. The maximum atomic E-state index is 5.97. The van der Waals surface area contributed by atoms with Crippen LogP contribution in [-0.4, -0.2) is 19.3 Å². The van der Waals surface area contributed by atoms with Crippen LogP contribution in [0.3, 0.4) is 0 Å². The van der Waals surface area contributed by atoms with E-state index in [2.05, 4.69) is 12.2 Å². The van der Waals surface area contributed by atoms with E-state index in [1.807, 2.05) is 12.1 Å². The molecule has 2 atom stereocenters. The zero-order chi connectivity index (χ0) is 11.5. The van der Waals surface area contributed by atoms with Crippen LogP contribution < -0.4 is 11.1 Å². The largest absolute Gasteiger partial charge is 0.396 e. The molecule has 0 radical (unpaired) electrons. The van der Waals surface area contributed by atoms with Crippen LogP contribution in [0.25, 0.3) is 0 Å². The quantitative estimate of drug-likeness (QED) is 0.799. The molecule has 1 heterocycles. The summed E-state index contributed by atoms with van der Waals surface area (Å²) in [5.41, 5.74) is 7.43.